The lowest BCUT2D eigenvalue weighted by molar-refractivity contribution is 0.0657. The first-order chi connectivity index (χ1) is 16.2. The van der Waals surface area contributed by atoms with Crippen molar-refractivity contribution in [2.75, 3.05) is 33.2 Å². The molecule has 7 nitrogen and oxygen atoms in total. The van der Waals surface area contributed by atoms with E-state index in [0.717, 1.165) is 24.6 Å². The number of halogens is 1. The Hall–Kier alpha value is -2.85. The average molecular weight is 574 g/mol. The fraction of sp³-hybridized carbons (Fsp3) is 0.308. The summed E-state index contributed by atoms with van der Waals surface area (Å²) in [6.45, 7) is 4.61. The first-order valence-corrected chi connectivity index (χ1v) is 11.2. The maximum Gasteiger partial charge on any atom is 0.289 e. The van der Waals surface area contributed by atoms with Crippen LogP contribution < -0.4 is 5.32 Å². The van der Waals surface area contributed by atoms with Gasteiger partial charge >= 0.3 is 0 Å². The molecule has 0 spiro atoms. The van der Waals surface area contributed by atoms with E-state index in [1.807, 2.05) is 23.1 Å². The number of carbonyl (C=O) groups is 1. The summed E-state index contributed by atoms with van der Waals surface area (Å²) in [5.41, 5.74) is 3.50. The third-order valence-corrected chi connectivity index (χ3v) is 5.66. The van der Waals surface area contributed by atoms with Gasteiger partial charge in [-0.3, -0.25) is 9.79 Å². The second kappa shape index (κ2) is 13.1. The molecule has 1 amide bonds. The van der Waals surface area contributed by atoms with Crippen LogP contribution in [0.25, 0.3) is 0 Å². The van der Waals surface area contributed by atoms with Crippen molar-refractivity contribution in [2.45, 2.75) is 19.8 Å². The van der Waals surface area contributed by atoms with Crippen molar-refractivity contribution in [3.05, 3.63) is 95.4 Å². The molecule has 1 N–H and O–H groups in total. The minimum Gasteiger partial charge on any atom is -0.459 e. The normalized spacial score (nSPS) is 14.0. The molecule has 34 heavy (non-hydrogen) atoms. The highest BCUT2D eigenvalue weighted by atomic mass is 127. The number of rotatable bonds is 7. The van der Waals surface area contributed by atoms with Crippen molar-refractivity contribution in [3.63, 3.8) is 0 Å². The molecular weight excluding hydrogens is 543 g/mol. The van der Waals surface area contributed by atoms with E-state index in [1.165, 1.54) is 17.4 Å². The molecule has 1 aromatic heterocycles. The lowest BCUT2D eigenvalue weighted by atomic mass is 10.1. The van der Waals surface area contributed by atoms with E-state index in [4.69, 9.17) is 9.15 Å². The Morgan fingerprint density at radius 1 is 0.882 bits per heavy atom. The molecule has 8 heteroatoms. The number of amides is 1. The van der Waals surface area contributed by atoms with Crippen molar-refractivity contribution in [3.8, 4) is 0 Å². The van der Waals surface area contributed by atoms with Gasteiger partial charge in [0.05, 0.1) is 19.5 Å². The minimum atomic E-state index is -0.0598. The maximum atomic E-state index is 12.4. The molecule has 3 aromatic rings. The van der Waals surface area contributed by atoms with E-state index < -0.39 is 0 Å². The second-order valence-electron chi connectivity index (χ2n) is 7.95. The number of hydrogen-bond donors (Lipinski definition) is 1. The Bertz CT molecular complexity index is 1030. The summed E-state index contributed by atoms with van der Waals surface area (Å²) < 4.78 is 11.0. The van der Waals surface area contributed by atoms with Gasteiger partial charge in [-0.15, -0.1) is 24.0 Å². The standard InChI is InChI=1S/C26H30N4O3.HI/c1-27-26(30-15-13-29(14-16-30)25(31)24-8-5-17-33-24)28-18-21-9-11-23(12-10-21)20-32-19-22-6-3-2-4-7-22;/h2-12,17H,13-16,18-20H2,1H3,(H,27,28);1H. The zero-order chi connectivity index (χ0) is 22.9. The van der Waals surface area contributed by atoms with Crippen molar-refractivity contribution in [1.82, 2.24) is 15.1 Å². The zero-order valence-corrected chi connectivity index (χ0v) is 21.7. The molecule has 180 valence electrons. The average Bonchev–Trinajstić information content (AvgIpc) is 3.41. The van der Waals surface area contributed by atoms with Crippen LogP contribution in [-0.2, 0) is 24.5 Å². The summed E-state index contributed by atoms with van der Waals surface area (Å²) in [5, 5.41) is 3.43. The number of guanidine groups is 1. The quantitative estimate of drug-likeness (QED) is 0.261. The minimum absolute atomic E-state index is 0. The van der Waals surface area contributed by atoms with E-state index in [0.29, 0.717) is 38.6 Å². The van der Waals surface area contributed by atoms with Crippen LogP contribution in [0.3, 0.4) is 0 Å². The Kier molecular flexibility index (Phi) is 9.96. The van der Waals surface area contributed by atoms with Crippen LogP contribution >= 0.6 is 24.0 Å². The Balaban J connectivity index is 0.00000324. The maximum absolute atomic E-state index is 12.4. The molecule has 2 heterocycles. The Morgan fingerprint density at radius 3 is 2.12 bits per heavy atom. The van der Waals surface area contributed by atoms with E-state index in [-0.39, 0.29) is 29.9 Å². The molecule has 1 aliphatic heterocycles. The number of ether oxygens (including phenoxy) is 1. The van der Waals surface area contributed by atoms with Gasteiger partial charge in [-0.1, -0.05) is 54.6 Å². The monoisotopic (exact) mass is 574 g/mol. The zero-order valence-electron chi connectivity index (χ0n) is 19.4. The molecule has 0 radical (unpaired) electrons. The largest absolute Gasteiger partial charge is 0.459 e. The van der Waals surface area contributed by atoms with Crippen molar-refractivity contribution in [2.24, 2.45) is 4.99 Å². The van der Waals surface area contributed by atoms with Crippen LogP contribution in [0.1, 0.15) is 27.2 Å². The van der Waals surface area contributed by atoms with Gasteiger partial charge in [0.1, 0.15) is 0 Å². The van der Waals surface area contributed by atoms with Crippen molar-refractivity contribution >= 4 is 35.8 Å². The number of carbonyl (C=O) groups excluding carboxylic acids is 1. The molecule has 0 unspecified atom stereocenters. The van der Waals surface area contributed by atoms with Crippen LogP contribution in [0, 0.1) is 0 Å². The van der Waals surface area contributed by atoms with Gasteiger partial charge in [0.15, 0.2) is 11.7 Å². The number of benzene rings is 2. The lowest BCUT2D eigenvalue weighted by Gasteiger charge is -2.36. The van der Waals surface area contributed by atoms with Crippen LogP contribution in [0.15, 0.2) is 82.4 Å². The van der Waals surface area contributed by atoms with E-state index in [2.05, 4.69) is 51.6 Å². The smallest absolute Gasteiger partial charge is 0.289 e. The Morgan fingerprint density at radius 2 is 1.50 bits per heavy atom. The summed E-state index contributed by atoms with van der Waals surface area (Å²) in [7, 11) is 1.79. The third-order valence-electron chi connectivity index (χ3n) is 5.66. The Labute approximate surface area is 217 Å². The molecule has 0 saturated carbocycles. The molecular formula is C26H31IN4O3. The topological polar surface area (TPSA) is 70.3 Å². The third kappa shape index (κ3) is 7.07. The number of nitrogens with one attached hydrogen (secondary N) is 1. The number of aliphatic imine (C=N–C) groups is 1. The van der Waals surface area contributed by atoms with Gasteiger partial charge in [-0.05, 0) is 28.8 Å². The van der Waals surface area contributed by atoms with Gasteiger partial charge in [-0.2, -0.15) is 0 Å². The van der Waals surface area contributed by atoms with Crippen LogP contribution in [0.5, 0.6) is 0 Å². The molecule has 0 bridgehead atoms. The summed E-state index contributed by atoms with van der Waals surface area (Å²) in [6, 6.07) is 22.1. The lowest BCUT2D eigenvalue weighted by Crippen LogP contribution is -2.53. The van der Waals surface area contributed by atoms with E-state index in [9.17, 15) is 4.79 Å². The van der Waals surface area contributed by atoms with Crippen molar-refractivity contribution < 1.29 is 13.9 Å². The van der Waals surface area contributed by atoms with Gasteiger partial charge in [-0.25, -0.2) is 0 Å². The molecule has 0 atom stereocenters. The molecule has 1 aliphatic rings. The second-order valence-corrected chi connectivity index (χ2v) is 7.95. The first kappa shape index (κ1) is 25.8. The fourth-order valence-corrected chi connectivity index (χ4v) is 3.81. The highest BCUT2D eigenvalue weighted by Gasteiger charge is 2.25. The number of piperazine rings is 1. The summed E-state index contributed by atoms with van der Waals surface area (Å²) in [5.74, 6) is 1.17. The summed E-state index contributed by atoms with van der Waals surface area (Å²) in [6.07, 6.45) is 1.53. The molecule has 1 saturated heterocycles. The number of nitrogens with zero attached hydrogens (tertiary/aromatic N) is 3. The predicted molar refractivity (Wildman–Crippen MR) is 143 cm³/mol. The molecule has 4 rings (SSSR count). The summed E-state index contributed by atoms with van der Waals surface area (Å²) >= 11 is 0. The first-order valence-electron chi connectivity index (χ1n) is 11.2. The number of hydrogen-bond acceptors (Lipinski definition) is 4. The van der Waals surface area contributed by atoms with Gasteiger partial charge in [0.25, 0.3) is 5.91 Å². The summed E-state index contributed by atoms with van der Waals surface area (Å²) in [4.78, 5) is 20.9. The molecule has 1 fully saturated rings. The van der Waals surface area contributed by atoms with Gasteiger partial charge in [0, 0.05) is 39.8 Å². The molecule has 2 aromatic carbocycles. The van der Waals surface area contributed by atoms with Gasteiger partial charge in [0.2, 0.25) is 0 Å². The fourth-order valence-electron chi connectivity index (χ4n) is 3.81. The highest BCUT2D eigenvalue weighted by molar-refractivity contribution is 14.0. The molecule has 0 aliphatic carbocycles. The van der Waals surface area contributed by atoms with E-state index >= 15 is 0 Å². The predicted octanol–water partition coefficient (Wildman–Crippen LogP) is 4.15. The van der Waals surface area contributed by atoms with Crippen LogP contribution in [0.2, 0.25) is 0 Å². The van der Waals surface area contributed by atoms with Crippen LogP contribution in [-0.4, -0.2) is 54.9 Å². The van der Waals surface area contributed by atoms with Crippen molar-refractivity contribution in [1.29, 1.82) is 0 Å². The SMILES string of the molecule is CN=C(NCc1ccc(COCc2ccccc2)cc1)N1CCN(C(=O)c2ccco2)CC1.I. The van der Waals surface area contributed by atoms with Gasteiger partial charge < -0.3 is 24.3 Å². The number of furan rings is 1. The van der Waals surface area contributed by atoms with E-state index in [1.54, 1.807) is 19.2 Å². The highest BCUT2D eigenvalue weighted by Crippen LogP contribution is 2.11. The van der Waals surface area contributed by atoms with Crippen LogP contribution in [0.4, 0.5) is 0 Å².